The number of para-hydroxylation sites is 1. The molecule has 0 radical (unpaired) electrons. The van der Waals surface area contributed by atoms with Gasteiger partial charge in [-0.15, -0.1) is 0 Å². The molecule has 0 bridgehead atoms. The molecule has 186 valence electrons. The predicted molar refractivity (Wildman–Crippen MR) is 128 cm³/mol. The van der Waals surface area contributed by atoms with E-state index in [1.165, 1.54) is 6.92 Å². The minimum atomic E-state index is -1.02. The van der Waals surface area contributed by atoms with Crippen molar-refractivity contribution in [3.63, 3.8) is 0 Å². The number of hydrogen-bond acceptors (Lipinski definition) is 6. The Kier molecular flexibility index (Phi) is 8.66. The van der Waals surface area contributed by atoms with Gasteiger partial charge in [-0.25, -0.2) is 4.79 Å². The van der Waals surface area contributed by atoms with E-state index in [1.807, 2.05) is 36.9 Å². The zero-order valence-electron chi connectivity index (χ0n) is 20.4. The predicted octanol–water partition coefficient (Wildman–Crippen LogP) is 1.77. The maximum Gasteiger partial charge on any atom is 0.332 e. The smallest absolute Gasteiger partial charge is 0.332 e. The van der Waals surface area contributed by atoms with Crippen LogP contribution in [0.1, 0.15) is 50.2 Å². The number of nitrogens with one attached hydrogen (secondary N) is 2. The highest BCUT2D eigenvalue weighted by Crippen LogP contribution is 2.29. The van der Waals surface area contributed by atoms with Crippen molar-refractivity contribution in [2.75, 3.05) is 44.6 Å². The molecule has 0 atom stereocenters. The van der Waals surface area contributed by atoms with Crippen LogP contribution in [0, 0.1) is 13.8 Å². The number of ether oxygens (including phenoxy) is 1. The molecule has 3 rings (SSSR count). The zero-order valence-corrected chi connectivity index (χ0v) is 20.4. The fourth-order valence-electron chi connectivity index (χ4n) is 4.78. The number of aryl methyl sites for hydroxylation is 2. The molecule has 1 saturated carbocycles. The number of benzene rings is 1. The summed E-state index contributed by atoms with van der Waals surface area (Å²) in [6, 6.07) is 5.89. The number of carbonyl (C=O) groups is 4. The first-order valence-electron chi connectivity index (χ1n) is 12.0. The first-order valence-corrected chi connectivity index (χ1v) is 12.0. The molecule has 1 aromatic rings. The van der Waals surface area contributed by atoms with Crippen molar-refractivity contribution in [2.45, 2.75) is 58.4 Å². The van der Waals surface area contributed by atoms with Gasteiger partial charge in [0.2, 0.25) is 11.8 Å². The van der Waals surface area contributed by atoms with E-state index in [0.717, 1.165) is 36.1 Å². The standard InChI is InChI=1S/C25H36N4O5/c1-18-8-7-9-19(2)23(18)26-21(31)16-28-12-14-29(15-13-28)22(32)17-34-24(33)25(27-20(3)30)10-5-4-6-11-25/h7-9H,4-6,10-17H2,1-3H3,(H,26,31)(H,27,30). The molecule has 2 N–H and O–H groups in total. The summed E-state index contributed by atoms with van der Waals surface area (Å²) in [5, 5.41) is 5.76. The molecule has 2 aliphatic rings. The summed E-state index contributed by atoms with van der Waals surface area (Å²) in [6.07, 6.45) is 3.75. The monoisotopic (exact) mass is 472 g/mol. The normalized spacial score (nSPS) is 18.1. The van der Waals surface area contributed by atoms with E-state index in [0.29, 0.717) is 39.0 Å². The first kappa shape index (κ1) is 25.7. The van der Waals surface area contributed by atoms with Crippen LogP contribution in [-0.2, 0) is 23.9 Å². The number of anilines is 1. The molecule has 9 heteroatoms. The van der Waals surface area contributed by atoms with E-state index in [2.05, 4.69) is 10.6 Å². The molecule has 34 heavy (non-hydrogen) atoms. The summed E-state index contributed by atoms with van der Waals surface area (Å²) in [5.41, 5.74) is 1.86. The summed E-state index contributed by atoms with van der Waals surface area (Å²) in [7, 11) is 0. The largest absolute Gasteiger partial charge is 0.454 e. The van der Waals surface area contributed by atoms with Crippen molar-refractivity contribution in [1.82, 2.24) is 15.1 Å². The van der Waals surface area contributed by atoms with E-state index >= 15 is 0 Å². The summed E-state index contributed by atoms with van der Waals surface area (Å²) < 4.78 is 5.36. The van der Waals surface area contributed by atoms with E-state index in [-0.39, 0.29) is 30.9 Å². The fraction of sp³-hybridized carbons (Fsp3) is 0.600. The van der Waals surface area contributed by atoms with Crippen LogP contribution in [0.2, 0.25) is 0 Å². The van der Waals surface area contributed by atoms with Crippen molar-refractivity contribution in [3.05, 3.63) is 29.3 Å². The molecule has 1 heterocycles. The average Bonchev–Trinajstić information content (AvgIpc) is 2.80. The molecular formula is C25H36N4O5. The van der Waals surface area contributed by atoms with Gasteiger partial charge in [0, 0.05) is 38.8 Å². The molecule has 0 spiro atoms. The quantitative estimate of drug-likeness (QED) is 0.586. The SMILES string of the molecule is CC(=O)NC1(C(=O)OCC(=O)N2CCN(CC(=O)Nc3c(C)cccc3C)CC2)CCCCC1. The lowest BCUT2D eigenvalue weighted by Gasteiger charge is -2.36. The molecule has 9 nitrogen and oxygen atoms in total. The molecular weight excluding hydrogens is 436 g/mol. The van der Waals surface area contributed by atoms with Gasteiger partial charge >= 0.3 is 5.97 Å². The number of nitrogens with zero attached hydrogens (tertiary/aromatic N) is 2. The van der Waals surface area contributed by atoms with Crippen LogP contribution in [0.4, 0.5) is 5.69 Å². The number of piperazine rings is 1. The number of esters is 1. The lowest BCUT2D eigenvalue weighted by molar-refractivity contribution is -0.160. The Labute approximate surface area is 201 Å². The number of rotatable bonds is 7. The third kappa shape index (κ3) is 6.56. The van der Waals surface area contributed by atoms with Gasteiger partial charge in [-0.1, -0.05) is 37.5 Å². The van der Waals surface area contributed by atoms with Crippen molar-refractivity contribution in [3.8, 4) is 0 Å². The van der Waals surface area contributed by atoms with Crippen molar-refractivity contribution in [2.24, 2.45) is 0 Å². The van der Waals surface area contributed by atoms with Crippen LogP contribution >= 0.6 is 0 Å². The summed E-state index contributed by atoms with van der Waals surface area (Å²) in [5.74, 6) is -1.15. The van der Waals surface area contributed by atoms with Crippen LogP contribution in [0.25, 0.3) is 0 Å². The van der Waals surface area contributed by atoms with Gasteiger partial charge in [0.1, 0.15) is 5.54 Å². The van der Waals surface area contributed by atoms with Crippen LogP contribution < -0.4 is 10.6 Å². The summed E-state index contributed by atoms with van der Waals surface area (Å²) >= 11 is 0. The van der Waals surface area contributed by atoms with Crippen molar-refractivity contribution >= 4 is 29.4 Å². The maximum absolute atomic E-state index is 12.8. The minimum absolute atomic E-state index is 0.0816. The molecule has 1 saturated heterocycles. The van der Waals surface area contributed by atoms with Gasteiger partial charge in [0.15, 0.2) is 6.61 Å². The first-order chi connectivity index (χ1) is 16.2. The van der Waals surface area contributed by atoms with Gasteiger partial charge < -0.3 is 20.3 Å². The summed E-state index contributed by atoms with van der Waals surface area (Å²) in [6.45, 7) is 7.28. The highest BCUT2D eigenvalue weighted by atomic mass is 16.5. The van der Waals surface area contributed by atoms with E-state index < -0.39 is 11.5 Å². The van der Waals surface area contributed by atoms with Crippen LogP contribution in [-0.4, -0.2) is 78.4 Å². The molecule has 1 aliphatic heterocycles. The van der Waals surface area contributed by atoms with E-state index in [9.17, 15) is 19.2 Å². The second kappa shape index (κ2) is 11.5. The zero-order chi connectivity index (χ0) is 24.7. The van der Waals surface area contributed by atoms with Crippen LogP contribution in [0.3, 0.4) is 0 Å². The Bertz CT molecular complexity index is 898. The molecule has 2 fully saturated rings. The van der Waals surface area contributed by atoms with Gasteiger partial charge in [-0.3, -0.25) is 19.3 Å². The number of amides is 3. The Morgan fingerprint density at radius 3 is 2.18 bits per heavy atom. The molecule has 3 amide bonds. The maximum atomic E-state index is 12.8. The molecule has 1 aliphatic carbocycles. The molecule has 0 unspecified atom stereocenters. The van der Waals surface area contributed by atoms with E-state index in [4.69, 9.17) is 4.74 Å². The third-order valence-corrected chi connectivity index (χ3v) is 6.68. The Hall–Kier alpha value is -2.94. The Balaban J connectivity index is 1.44. The van der Waals surface area contributed by atoms with E-state index in [1.54, 1.807) is 4.90 Å². The Morgan fingerprint density at radius 1 is 0.971 bits per heavy atom. The topological polar surface area (TPSA) is 108 Å². The van der Waals surface area contributed by atoms with Crippen LogP contribution in [0.15, 0.2) is 18.2 Å². The Morgan fingerprint density at radius 2 is 1.59 bits per heavy atom. The van der Waals surface area contributed by atoms with Crippen molar-refractivity contribution < 1.29 is 23.9 Å². The third-order valence-electron chi connectivity index (χ3n) is 6.68. The fourth-order valence-corrected chi connectivity index (χ4v) is 4.78. The second-order valence-electron chi connectivity index (χ2n) is 9.37. The van der Waals surface area contributed by atoms with Gasteiger partial charge in [-0.2, -0.15) is 0 Å². The average molecular weight is 473 g/mol. The highest BCUT2D eigenvalue weighted by Gasteiger charge is 2.42. The number of hydrogen-bond donors (Lipinski definition) is 2. The van der Waals surface area contributed by atoms with Crippen LogP contribution in [0.5, 0.6) is 0 Å². The van der Waals surface area contributed by atoms with Gasteiger partial charge in [-0.05, 0) is 37.8 Å². The second-order valence-corrected chi connectivity index (χ2v) is 9.37. The van der Waals surface area contributed by atoms with Gasteiger partial charge in [0.05, 0.1) is 6.54 Å². The highest BCUT2D eigenvalue weighted by molar-refractivity contribution is 5.94. The minimum Gasteiger partial charge on any atom is -0.454 e. The van der Waals surface area contributed by atoms with Crippen molar-refractivity contribution in [1.29, 1.82) is 0 Å². The van der Waals surface area contributed by atoms with Gasteiger partial charge in [0.25, 0.3) is 5.91 Å². The molecule has 0 aromatic heterocycles. The lowest BCUT2D eigenvalue weighted by Crippen LogP contribution is -2.56. The summed E-state index contributed by atoms with van der Waals surface area (Å²) in [4.78, 5) is 53.2. The molecule has 1 aromatic carbocycles. The number of carbonyl (C=O) groups excluding carboxylic acids is 4. The lowest BCUT2D eigenvalue weighted by atomic mass is 9.81.